The average Bonchev–Trinajstić information content (AvgIpc) is 3.90. The second kappa shape index (κ2) is 14.5. The number of rotatable bonds is 4. The van der Waals surface area contributed by atoms with Gasteiger partial charge in [-0.1, -0.05) is 170 Å². The van der Waals surface area contributed by atoms with Crippen LogP contribution in [0.1, 0.15) is 33.4 Å². The Bertz CT molecular complexity index is 3870. The Morgan fingerprint density at radius 2 is 0.761 bits per heavy atom. The summed E-state index contributed by atoms with van der Waals surface area (Å²) in [5, 5.41) is 11.3. The molecule has 0 aliphatic carbocycles. The van der Waals surface area contributed by atoms with Gasteiger partial charge in [0, 0.05) is 32.9 Å². The van der Waals surface area contributed by atoms with Gasteiger partial charge >= 0.3 is 0 Å². The summed E-state index contributed by atoms with van der Waals surface area (Å²) >= 11 is 0. The van der Waals surface area contributed by atoms with Crippen LogP contribution >= 0.6 is 0 Å². The van der Waals surface area contributed by atoms with Gasteiger partial charge in [0.1, 0.15) is 0 Å². The lowest BCUT2D eigenvalue weighted by atomic mass is 9.95. The predicted octanol–water partition coefficient (Wildman–Crippen LogP) is 13.0. The highest BCUT2D eigenvalue weighted by atomic mass is 28.3. The Hall–Kier alpha value is -7.98. The number of fused-ring (bicyclic) bond motifs is 14. The minimum absolute atomic E-state index is 0.953. The minimum atomic E-state index is -2.68. The molecule has 14 rings (SSSR count). The average molecular weight is 871 g/mol. The van der Waals surface area contributed by atoms with Crippen molar-refractivity contribution in [3.05, 3.63) is 252 Å². The topological polar surface area (TPSA) is 9.86 Å². The standard InChI is InChI=1S/C64H46N2Si/c1-41-36-48(65-56-23-9-6-19-53(56)54-20-7-10-24-57(54)65)32-34-50(41)51-35-33-49(37-42(51)2)66-58-25-11-8-21-55(58)64-52(22-15-26-59(64)66)43-30-31-47-39-46-18-5-14-29-62(46)67(63(47)40-43)60-27-12-3-16-44(60)38-45-17-4-13-28-61(45)67/h3-37,40H,38-39H2,1-2H3. The Labute approximate surface area is 391 Å². The molecule has 0 bridgehead atoms. The quantitative estimate of drug-likeness (QED) is 0.156. The fourth-order valence-electron chi connectivity index (χ4n) is 12.6. The lowest BCUT2D eigenvalue weighted by Gasteiger charge is -2.44. The molecule has 0 atom stereocenters. The van der Waals surface area contributed by atoms with Gasteiger partial charge in [-0.15, -0.1) is 0 Å². The smallest absolute Gasteiger partial charge is 0.180 e. The highest BCUT2D eigenvalue weighted by molar-refractivity contribution is 7.21. The molecule has 0 N–H and O–H groups in total. The van der Waals surface area contributed by atoms with E-state index in [1.807, 2.05) is 0 Å². The Balaban J connectivity index is 0.911. The lowest BCUT2D eigenvalue weighted by molar-refractivity contribution is 1.16. The molecule has 67 heavy (non-hydrogen) atoms. The molecule has 4 heterocycles. The van der Waals surface area contributed by atoms with Crippen LogP contribution < -0.4 is 20.7 Å². The van der Waals surface area contributed by atoms with Crippen molar-refractivity contribution >= 4 is 72.4 Å². The summed E-state index contributed by atoms with van der Waals surface area (Å²) in [6.07, 6.45) is 1.93. The van der Waals surface area contributed by atoms with Crippen LogP contribution in [0.3, 0.4) is 0 Å². The second-order valence-electron chi connectivity index (χ2n) is 18.9. The van der Waals surface area contributed by atoms with Gasteiger partial charge in [0.15, 0.2) is 8.07 Å². The molecule has 10 aromatic carbocycles. The molecule has 3 heteroatoms. The summed E-state index contributed by atoms with van der Waals surface area (Å²) in [5.41, 5.74) is 20.7. The number of aromatic nitrogens is 2. The first-order valence-electron chi connectivity index (χ1n) is 23.7. The SMILES string of the molecule is Cc1cc(-n2c3ccccc3c3ccccc32)ccc1-c1ccc(-n2c3ccccc3c3c(-c4ccc5c(c4)[Si]4(c6ccccc6Cc6ccccc64)c4ccccc4C5)cccc32)cc1C. The van der Waals surface area contributed by atoms with Gasteiger partial charge in [-0.25, -0.2) is 0 Å². The molecule has 0 saturated carbocycles. The van der Waals surface area contributed by atoms with E-state index in [0.717, 1.165) is 12.8 Å². The normalized spacial score (nSPS) is 13.5. The van der Waals surface area contributed by atoms with Crippen molar-refractivity contribution in [2.75, 3.05) is 0 Å². The number of hydrogen-bond donors (Lipinski definition) is 0. The maximum atomic E-state index is 2.62. The van der Waals surface area contributed by atoms with E-state index in [0.29, 0.717) is 0 Å². The van der Waals surface area contributed by atoms with Crippen molar-refractivity contribution in [1.82, 2.24) is 9.13 Å². The van der Waals surface area contributed by atoms with Crippen LogP contribution in [0.4, 0.5) is 0 Å². The molecule has 0 amide bonds. The van der Waals surface area contributed by atoms with E-state index in [9.17, 15) is 0 Å². The summed E-state index contributed by atoms with van der Waals surface area (Å²) in [7, 11) is -2.68. The van der Waals surface area contributed by atoms with Crippen LogP contribution in [0.2, 0.25) is 0 Å². The number of hydrogen-bond acceptors (Lipinski definition) is 0. The molecule has 2 aliphatic heterocycles. The van der Waals surface area contributed by atoms with E-state index in [1.165, 1.54) is 116 Å². The molecule has 1 spiro atoms. The van der Waals surface area contributed by atoms with Crippen LogP contribution in [0.5, 0.6) is 0 Å². The molecule has 0 unspecified atom stereocenters. The molecule has 0 radical (unpaired) electrons. The highest BCUT2D eigenvalue weighted by Gasteiger charge is 2.50. The third-order valence-electron chi connectivity index (χ3n) is 15.4. The molecule has 2 aromatic heterocycles. The van der Waals surface area contributed by atoms with Crippen molar-refractivity contribution in [3.8, 4) is 33.6 Å². The maximum absolute atomic E-state index is 2.68. The van der Waals surface area contributed by atoms with E-state index in [2.05, 4.69) is 241 Å². The van der Waals surface area contributed by atoms with Gasteiger partial charge in [-0.3, -0.25) is 0 Å². The maximum Gasteiger partial charge on any atom is 0.180 e. The summed E-state index contributed by atoms with van der Waals surface area (Å²) in [6.45, 7) is 4.52. The van der Waals surface area contributed by atoms with Crippen LogP contribution in [-0.4, -0.2) is 17.2 Å². The lowest BCUT2D eigenvalue weighted by Crippen LogP contribution is -2.79. The molecule has 0 saturated heterocycles. The molecule has 12 aromatic rings. The van der Waals surface area contributed by atoms with Gasteiger partial charge in [0.2, 0.25) is 0 Å². The van der Waals surface area contributed by atoms with Crippen molar-refractivity contribution < 1.29 is 0 Å². The van der Waals surface area contributed by atoms with Crippen LogP contribution in [0.25, 0.3) is 77.2 Å². The zero-order chi connectivity index (χ0) is 44.4. The van der Waals surface area contributed by atoms with Crippen LogP contribution in [-0.2, 0) is 12.8 Å². The number of para-hydroxylation sites is 3. The monoisotopic (exact) mass is 870 g/mol. The summed E-state index contributed by atoms with van der Waals surface area (Å²) in [4.78, 5) is 0. The minimum Gasteiger partial charge on any atom is -0.309 e. The molecular weight excluding hydrogens is 825 g/mol. The van der Waals surface area contributed by atoms with Gasteiger partial charge < -0.3 is 9.13 Å². The van der Waals surface area contributed by atoms with E-state index < -0.39 is 8.07 Å². The third kappa shape index (κ3) is 5.44. The Morgan fingerprint density at radius 3 is 1.30 bits per heavy atom. The van der Waals surface area contributed by atoms with Gasteiger partial charge in [0.05, 0.1) is 22.1 Å². The molecular formula is C64H46N2Si. The predicted molar refractivity (Wildman–Crippen MR) is 285 cm³/mol. The van der Waals surface area contributed by atoms with Crippen molar-refractivity contribution in [2.24, 2.45) is 0 Å². The van der Waals surface area contributed by atoms with Crippen molar-refractivity contribution in [2.45, 2.75) is 26.7 Å². The first-order valence-corrected chi connectivity index (χ1v) is 25.7. The van der Waals surface area contributed by atoms with E-state index in [1.54, 1.807) is 15.6 Å². The summed E-state index contributed by atoms with van der Waals surface area (Å²) in [5.74, 6) is 0. The van der Waals surface area contributed by atoms with Gasteiger partial charge in [-0.05, 0) is 152 Å². The first-order chi connectivity index (χ1) is 33.1. The van der Waals surface area contributed by atoms with Gasteiger partial charge in [-0.2, -0.15) is 0 Å². The zero-order valence-electron chi connectivity index (χ0n) is 37.6. The van der Waals surface area contributed by atoms with E-state index >= 15 is 0 Å². The largest absolute Gasteiger partial charge is 0.309 e. The Kier molecular flexibility index (Phi) is 8.29. The third-order valence-corrected chi connectivity index (χ3v) is 20.5. The second-order valence-corrected chi connectivity index (χ2v) is 22.5. The fourth-order valence-corrected chi connectivity index (χ4v) is 18.3. The number of aryl methyl sites for hydroxylation is 2. The number of benzene rings is 10. The van der Waals surface area contributed by atoms with Crippen molar-refractivity contribution in [1.29, 1.82) is 0 Å². The van der Waals surface area contributed by atoms with Crippen LogP contribution in [0, 0.1) is 13.8 Å². The van der Waals surface area contributed by atoms with E-state index in [4.69, 9.17) is 0 Å². The summed E-state index contributed by atoms with van der Waals surface area (Å²) in [6, 6.07) is 83.0. The summed E-state index contributed by atoms with van der Waals surface area (Å²) < 4.78 is 4.90. The van der Waals surface area contributed by atoms with E-state index in [-0.39, 0.29) is 0 Å². The molecule has 2 nitrogen and oxygen atoms in total. The molecule has 0 fully saturated rings. The zero-order valence-corrected chi connectivity index (χ0v) is 38.6. The first kappa shape index (κ1) is 38.3. The van der Waals surface area contributed by atoms with Gasteiger partial charge in [0.25, 0.3) is 0 Å². The Morgan fingerprint density at radius 1 is 0.328 bits per heavy atom. The number of nitrogens with zero attached hydrogens (tertiary/aromatic N) is 2. The van der Waals surface area contributed by atoms with Crippen LogP contribution in [0.15, 0.2) is 218 Å². The molecule has 2 aliphatic rings. The highest BCUT2D eigenvalue weighted by Crippen LogP contribution is 2.41. The fraction of sp³-hybridized carbons (Fsp3) is 0.0625. The van der Waals surface area contributed by atoms with Crippen molar-refractivity contribution in [3.63, 3.8) is 0 Å². The molecule has 316 valence electrons.